The molecule has 94 valence electrons. The quantitative estimate of drug-likeness (QED) is 0.757. The maximum absolute atomic E-state index is 13.2. The Balaban J connectivity index is 2.71. The minimum absolute atomic E-state index is 0.0702. The fourth-order valence-electron chi connectivity index (χ4n) is 1.33. The largest absolute Gasteiger partial charge is 0.488 e. The van der Waals surface area contributed by atoms with E-state index in [1.54, 1.807) is 0 Å². The van der Waals surface area contributed by atoms with Crippen LogP contribution >= 0.6 is 0 Å². The van der Waals surface area contributed by atoms with Gasteiger partial charge in [0.1, 0.15) is 5.82 Å². The molecule has 3 nitrogen and oxygen atoms in total. The van der Waals surface area contributed by atoms with Gasteiger partial charge in [-0.05, 0) is 36.0 Å². The van der Waals surface area contributed by atoms with Crippen molar-refractivity contribution in [2.24, 2.45) is 5.92 Å². The van der Waals surface area contributed by atoms with Crippen LogP contribution in [0.1, 0.15) is 26.3 Å². The maximum Gasteiger partial charge on any atom is 0.488 e. The Labute approximate surface area is 101 Å². The lowest BCUT2D eigenvalue weighted by atomic mass is 9.79. The second kappa shape index (κ2) is 6.14. The molecule has 1 unspecified atom stereocenters. The third kappa shape index (κ3) is 4.46. The molecule has 0 amide bonds. The summed E-state index contributed by atoms with van der Waals surface area (Å²) in [7, 11) is -1.66. The van der Waals surface area contributed by atoms with Crippen LogP contribution in [0.4, 0.5) is 4.39 Å². The van der Waals surface area contributed by atoms with E-state index in [0.29, 0.717) is 11.5 Å². The second-order valence-electron chi connectivity index (χ2n) is 4.53. The summed E-state index contributed by atoms with van der Waals surface area (Å²) >= 11 is 0. The van der Waals surface area contributed by atoms with Crippen molar-refractivity contribution in [2.75, 3.05) is 0 Å². The number of hydrogen-bond acceptors (Lipinski definition) is 3. The number of benzene rings is 1. The summed E-state index contributed by atoms with van der Waals surface area (Å²) in [5.41, 5.74) is 0.737. The summed E-state index contributed by atoms with van der Waals surface area (Å²) in [4.78, 5) is 0. The molecule has 1 atom stereocenters. The Morgan fingerprint density at radius 2 is 1.88 bits per heavy atom. The highest BCUT2D eigenvalue weighted by Gasteiger charge is 2.14. The van der Waals surface area contributed by atoms with Crippen LogP contribution in [-0.2, 0) is 11.3 Å². The minimum Gasteiger partial charge on any atom is -0.423 e. The van der Waals surface area contributed by atoms with E-state index in [1.165, 1.54) is 12.1 Å². The highest BCUT2D eigenvalue weighted by Crippen LogP contribution is 2.10. The third-order valence-corrected chi connectivity index (χ3v) is 2.73. The van der Waals surface area contributed by atoms with E-state index in [-0.39, 0.29) is 18.2 Å². The molecule has 0 bridgehead atoms. The Morgan fingerprint density at radius 1 is 1.24 bits per heavy atom. The number of halogens is 1. The van der Waals surface area contributed by atoms with Gasteiger partial charge in [0.15, 0.2) is 0 Å². The van der Waals surface area contributed by atoms with E-state index >= 15 is 0 Å². The van der Waals surface area contributed by atoms with E-state index in [0.717, 1.165) is 6.07 Å². The molecule has 0 heterocycles. The topological polar surface area (TPSA) is 49.7 Å². The van der Waals surface area contributed by atoms with Crippen molar-refractivity contribution in [2.45, 2.75) is 33.5 Å². The molecule has 1 rings (SSSR count). The van der Waals surface area contributed by atoms with Gasteiger partial charge in [-0.2, -0.15) is 0 Å². The molecular weight excluding hydrogens is 222 g/mol. The maximum atomic E-state index is 13.2. The van der Waals surface area contributed by atoms with Gasteiger partial charge in [-0.25, -0.2) is 4.39 Å². The van der Waals surface area contributed by atoms with Crippen LogP contribution in [-0.4, -0.2) is 23.3 Å². The molecule has 0 aromatic heterocycles. The van der Waals surface area contributed by atoms with E-state index in [2.05, 4.69) is 0 Å². The first-order chi connectivity index (χ1) is 7.90. The Morgan fingerprint density at radius 3 is 2.41 bits per heavy atom. The molecule has 0 aliphatic rings. The zero-order valence-electron chi connectivity index (χ0n) is 10.4. The number of hydrogen-bond donors (Lipinski definition) is 2. The minimum atomic E-state index is -1.66. The van der Waals surface area contributed by atoms with Gasteiger partial charge in [-0.15, -0.1) is 0 Å². The van der Waals surface area contributed by atoms with Gasteiger partial charge in [-0.1, -0.05) is 19.9 Å². The zero-order chi connectivity index (χ0) is 13.0. The van der Waals surface area contributed by atoms with Crippen molar-refractivity contribution in [1.29, 1.82) is 0 Å². The van der Waals surface area contributed by atoms with Gasteiger partial charge in [0, 0.05) is 0 Å². The molecule has 2 N–H and O–H groups in total. The van der Waals surface area contributed by atoms with Crippen molar-refractivity contribution in [1.82, 2.24) is 0 Å². The molecule has 1 aromatic carbocycles. The summed E-state index contributed by atoms with van der Waals surface area (Å²) in [6.45, 7) is 6.29. The van der Waals surface area contributed by atoms with Crippen molar-refractivity contribution in [3.05, 3.63) is 29.6 Å². The Kier molecular flexibility index (Phi) is 5.12. The highest BCUT2D eigenvalue weighted by molar-refractivity contribution is 6.58. The smallest absolute Gasteiger partial charge is 0.423 e. The molecule has 0 saturated carbocycles. The molecule has 0 fully saturated rings. The number of rotatable bonds is 5. The van der Waals surface area contributed by atoms with Gasteiger partial charge in [0.25, 0.3) is 0 Å². The van der Waals surface area contributed by atoms with Crippen LogP contribution in [0.15, 0.2) is 18.2 Å². The van der Waals surface area contributed by atoms with E-state index in [4.69, 9.17) is 14.8 Å². The first kappa shape index (κ1) is 14.2. The predicted octanol–water partition coefficient (Wildman–Crippen LogP) is 1.07. The summed E-state index contributed by atoms with van der Waals surface area (Å²) < 4.78 is 18.7. The molecule has 5 heteroatoms. The second-order valence-corrected chi connectivity index (χ2v) is 4.53. The molecule has 0 aliphatic carbocycles. The summed E-state index contributed by atoms with van der Waals surface area (Å²) in [6.07, 6.45) is 0.0702. The van der Waals surface area contributed by atoms with Crippen molar-refractivity contribution >= 4 is 12.6 Å². The molecular formula is C12H18BFO3. The van der Waals surface area contributed by atoms with Crippen molar-refractivity contribution in [3.63, 3.8) is 0 Å². The third-order valence-electron chi connectivity index (χ3n) is 2.73. The van der Waals surface area contributed by atoms with E-state index in [9.17, 15) is 4.39 Å². The van der Waals surface area contributed by atoms with Gasteiger partial charge < -0.3 is 14.8 Å². The van der Waals surface area contributed by atoms with E-state index in [1.807, 2.05) is 20.8 Å². The first-order valence-corrected chi connectivity index (χ1v) is 5.67. The molecule has 0 spiro atoms. The van der Waals surface area contributed by atoms with Crippen molar-refractivity contribution < 1.29 is 19.2 Å². The van der Waals surface area contributed by atoms with Crippen LogP contribution in [0.2, 0.25) is 0 Å². The molecule has 1 aromatic rings. The lowest BCUT2D eigenvalue weighted by molar-refractivity contribution is 0.0234. The molecule has 0 saturated heterocycles. The lowest BCUT2D eigenvalue weighted by Gasteiger charge is -2.16. The number of ether oxygens (including phenoxy) is 1. The average molecular weight is 240 g/mol. The monoisotopic (exact) mass is 240 g/mol. The van der Waals surface area contributed by atoms with Crippen LogP contribution in [0, 0.1) is 11.7 Å². The fraction of sp³-hybridized carbons (Fsp3) is 0.500. The Hall–Kier alpha value is -0.905. The normalized spacial score (nSPS) is 12.9. The Bertz CT molecular complexity index is 369. The highest BCUT2D eigenvalue weighted by atomic mass is 19.1. The SMILES string of the molecule is CC(C)C(C)OCc1cc(F)cc(B(O)O)c1. The molecule has 0 radical (unpaired) electrons. The van der Waals surface area contributed by atoms with Crippen LogP contribution < -0.4 is 5.46 Å². The summed E-state index contributed by atoms with van der Waals surface area (Å²) in [5.74, 6) is -0.113. The molecule has 17 heavy (non-hydrogen) atoms. The lowest BCUT2D eigenvalue weighted by Crippen LogP contribution is -2.30. The van der Waals surface area contributed by atoms with Crippen LogP contribution in [0.3, 0.4) is 0 Å². The molecule has 0 aliphatic heterocycles. The zero-order valence-corrected chi connectivity index (χ0v) is 10.4. The van der Waals surface area contributed by atoms with Gasteiger partial charge in [-0.3, -0.25) is 0 Å². The van der Waals surface area contributed by atoms with Gasteiger partial charge in [0.2, 0.25) is 0 Å². The van der Waals surface area contributed by atoms with E-state index < -0.39 is 12.9 Å². The summed E-state index contributed by atoms with van der Waals surface area (Å²) in [6, 6.07) is 3.96. The predicted molar refractivity (Wildman–Crippen MR) is 65.3 cm³/mol. The van der Waals surface area contributed by atoms with Crippen LogP contribution in [0.5, 0.6) is 0 Å². The first-order valence-electron chi connectivity index (χ1n) is 5.67. The van der Waals surface area contributed by atoms with Crippen LogP contribution in [0.25, 0.3) is 0 Å². The van der Waals surface area contributed by atoms with Crippen molar-refractivity contribution in [3.8, 4) is 0 Å². The van der Waals surface area contributed by atoms with Gasteiger partial charge in [0.05, 0.1) is 12.7 Å². The fourth-order valence-corrected chi connectivity index (χ4v) is 1.33. The summed E-state index contributed by atoms with van der Waals surface area (Å²) in [5, 5.41) is 18.0. The standard InChI is InChI=1S/C12H18BFO3/c1-8(2)9(3)17-7-10-4-11(13(15)16)6-12(14)5-10/h4-6,8-9,15-16H,7H2,1-3H3. The average Bonchev–Trinajstić information content (AvgIpc) is 2.24. The van der Waals surface area contributed by atoms with Gasteiger partial charge >= 0.3 is 7.12 Å².